The van der Waals surface area contributed by atoms with E-state index >= 15 is 0 Å². The number of allylic oxidation sites excluding steroid dienone is 10. The van der Waals surface area contributed by atoms with Crippen molar-refractivity contribution in [2.75, 3.05) is 9.80 Å². The SMILES string of the molecule is CC/C=C(\CCC)c1ccc(N(c2ccccc2)c2ccc(-c3ccc4c(c3)Cc3cc5cc(-c6ccc(-c7ccc(N(C8=CC=C(C9=CC=CCC9)CCC8)c8ccccc8)cc7)cc6C)c(C)cc5cc3-4)cc2)cc1. The summed E-state index contributed by atoms with van der Waals surface area (Å²) in [4.78, 5) is 4.82. The lowest BCUT2D eigenvalue weighted by molar-refractivity contribution is 0.792. The largest absolute Gasteiger partial charge is 0.314 e. The molecule has 12 rings (SSSR count). The van der Waals surface area contributed by atoms with Crippen LogP contribution in [0.1, 0.15) is 93.0 Å². The van der Waals surface area contributed by atoms with Crippen LogP contribution < -0.4 is 9.80 Å². The van der Waals surface area contributed by atoms with Crippen molar-refractivity contribution < 1.29 is 0 Å². The Hall–Kier alpha value is -8.46. The molecule has 0 aliphatic heterocycles. The zero-order valence-corrected chi connectivity index (χ0v) is 45.2. The molecule has 0 amide bonds. The van der Waals surface area contributed by atoms with Crippen LogP contribution in [-0.2, 0) is 6.42 Å². The van der Waals surface area contributed by atoms with Crippen LogP contribution in [0, 0.1) is 13.8 Å². The number of anilines is 5. The van der Waals surface area contributed by atoms with Crippen LogP contribution in [0.2, 0.25) is 0 Å². The van der Waals surface area contributed by atoms with E-state index in [9.17, 15) is 0 Å². The Morgan fingerprint density at radius 3 is 1.66 bits per heavy atom. The van der Waals surface area contributed by atoms with E-state index in [1.54, 1.807) is 0 Å². The molecule has 9 aromatic rings. The van der Waals surface area contributed by atoms with Crippen molar-refractivity contribution in [3.8, 4) is 44.5 Å². The third-order valence-electron chi connectivity index (χ3n) is 16.2. The van der Waals surface area contributed by atoms with Gasteiger partial charge in [0.05, 0.1) is 0 Å². The Morgan fingerprint density at radius 1 is 0.455 bits per heavy atom. The van der Waals surface area contributed by atoms with E-state index in [0.29, 0.717) is 0 Å². The van der Waals surface area contributed by atoms with Gasteiger partial charge in [0.25, 0.3) is 0 Å². The van der Waals surface area contributed by atoms with Gasteiger partial charge in [0, 0.05) is 34.1 Å². The van der Waals surface area contributed by atoms with E-state index in [2.05, 4.69) is 268 Å². The van der Waals surface area contributed by atoms with Gasteiger partial charge >= 0.3 is 0 Å². The van der Waals surface area contributed by atoms with Crippen LogP contribution in [0.15, 0.2) is 247 Å². The summed E-state index contributed by atoms with van der Waals surface area (Å²) in [6.45, 7) is 9.02. The summed E-state index contributed by atoms with van der Waals surface area (Å²) >= 11 is 0. The lowest BCUT2D eigenvalue weighted by atomic mass is 9.90. The number of aryl methyl sites for hydroxylation is 2. The molecule has 0 fully saturated rings. The second-order valence-corrected chi connectivity index (χ2v) is 21.3. The molecule has 2 nitrogen and oxygen atoms in total. The molecule has 77 heavy (non-hydrogen) atoms. The summed E-state index contributed by atoms with van der Waals surface area (Å²) in [6, 6.07) is 72.8. The van der Waals surface area contributed by atoms with Crippen molar-refractivity contribution in [2.24, 2.45) is 0 Å². The van der Waals surface area contributed by atoms with Gasteiger partial charge in [-0.25, -0.2) is 0 Å². The quantitative estimate of drug-likeness (QED) is 0.107. The van der Waals surface area contributed by atoms with Crippen molar-refractivity contribution in [3.63, 3.8) is 0 Å². The van der Waals surface area contributed by atoms with Crippen molar-refractivity contribution in [1.29, 1.82) is 0 Å². The highest BCUT2D eigenvalue weighted by molar-refractivity contribution is 5.96. The molecule has 0 bridgehead atoms. The topological polar surface area (TPSA) is 6.48 Å². The first kappa shape index (κ1) is 49.4. The summed E-state index contributed by atoms with van der Waals surface area (Å²) in [7, 11) is 0. The number of hydrogen-bond donors (Lipinski definition) is 0. The highest BCUT2D eigenvalue weighted by atomic mass is 15.2. The molecule has 0 saturated carbocycles. The summed E-state index contributed by atoms with van der Waals surface area (Å²) in [5, 5.41) is 2.59. The molecule has 378 valence electrons. The van der Waals surface area contributed by atoms with Gasteiger partial charge in [-0.3, -0.25) is 0 Å². The molecule has 0 spiro atoms. The molecule has 0 radical (unpaired) electrons. The van der Waals surface area contributed by atoms with Crippen LogP contribution in [0.3, 0.4) is 0 Å². The van der Waals surface area contributed by atoms with Crippen LogP contribution >= 0.6 is 0 Å². The summed E-state index contributed by atoms with van der Waals surface area (Å²) < 4.78 is 0. The Kier molecular flexibility index (Phi) is 14.1. The smallest absolute Gasteiger partial charge is 0.0462 e. The molecule has 3 aliphatic carbocycles. The Bertz CT molecular complexity index is 3770. The molecule has 0 heterocycles. The first-order valence-corrected chi connectivity index (χ1v) is 28.2. The minimum atomic E-state index is 0.933. The molecule has 9 aromatic carbocycles. The van der Waals surface area contributed by atoms with Crippen LogP contribution in [-0.4, -0.2) is 0 Å². The maximum atomic E-state index is 2.45. The van der Waals surface area contributed by atoms with Gasteiger partial charge in [-0.2, -0.15) is 0 Å². The Morgan fingerprint density at radius 2 is 1.01 bits per heavy atom. The second kappa shape index (κ2) is 22.0. The number of benzene rings is 9. The highest BCUT2D eigenvalue weighted by Crippen LogP contribution is 2.44. The molecular weight excluding hydrogens is 929 g/mol. The third kappa shape index (κ3) is 10.2. The molecule has 0 saturated heterocycles. The fourth-order valence-corrected chi connectivity index (χ4v) is 12.3. The van der Waals surface area contributed by atoms with Crippen LogP contribution in [0.25, 0.3) is 60.9 Å². The monoisotopic (exact) mass is 997 g/mol. The maximum Gasteiger partial charge on any atom is 0.0462 e. The van der Waals surface area contributed by atoms with Gasteiger partial charge in [0.2, 0.25) is 0 Å². The number of fused-ring (bicyclic) bond motifs is 4. The lowest BCUT2D eigenvalue weighted by Gasteiger charge is -2.28. The van der Waals surface area contributed by atoms with Gasteiger partial charge in [-0.05, 0) is 244 Å². The average molecular weight is 997 g/mol. The highest BCUT2D eigenvalue weighted by Gasteiger charge is 2.23. The fraction of sp³-hybridized carbons (Fsp3) is 0.173. The summed E-state index contributed by atoms with van der Waals surface area (Å²) in [5.74, 6) is 0. The summed E-state index contributed by atoms with van der Waals surface area (Å²) in [5.41, 5.74) is 28.5. The zero-order valence-electron chi connectivity index (χ0n) is 45.2. The predicted molar refractivity (Wildman–Crippen MR) is 331 cm³/mol. The molecule has 0 aromatic heterocycles. The van der Waals surface area contributed by atoms with E-state index in [1.165, 1.54) is 117 Å². The standard InChI is InChI=1S/C75H68N2/c1-5-17-54(18-6-2)57-28-37-70(38-29-57)77(67-24-14-9-15-25-67)71-41-32-59(33-42-71)61-35-44-73-64(47-61)49-65-48-63-50-74(53(4)46-62(63)51-75(65)73)72-43-34-60(45-52(72)3)58-30-39-69(40-31-58)76(66-22-12-8-13-23-66)68-26-16-21-56(27-36-68)55-19-10-7-11-20-55/h7-10,12-15,17,19,22-25,27-48,50-51H,5-6,11,16,18,20-21,26,49H2,1-4H3/b54-17+. The molecule has 3 aliphatic rings. The average Bonchev–Trinajstić information content (AvgIpc) is 3.72. The van der Waals surface area contributed by atoms with Gasteiger partial charge in [-0.15, -0.1) is 0 Å². The Labute approximate surface area is 457 Å². The fourth-order valence-electron chi connectivity index (χ4n) is 12.3. The minimum absolute atomic E-state index is 0.933. The molecule has 2 heteroatoms. The van der Waals surface area contributed by atoms with E-state index in [-0.39, 0.29) is 0 Å². The van der Waals surface area contributed by atoms with Gasteiger partial charge in [0.15, 0.2) is 0 Å². The predicted octanol–water partition coefficient (Wildman–Crippen LogP) is 21.5. The van der Waals surface area contributed by atoms with Crippen LogP contribution in [0.4, 0.5) is 28.4 Å². The minimum Gasteiger partial charge on any atom is -0.314 e. The van der Waals surface area contributed by atoms with Crippen molar-refractivity contribution >= 4 is 44.8 Å². The molecular formula is C75H68N2. The van der Waals surface area contributed by atoms with E-state index in [4.69, 9.17) is 0 Å². The third-order valence-corrected chi connectivity index (χ3v) is 16.2. The van der Waals surface area contributed by atoms with Crippen molar-refractivity contribution in [2.45, 2.75) is 85.5 Å². The number of hydrogen-bond acceptors (Lipinski definition) is 2. The van der Waals surface area contributed by atoms with Gasteiger partial charge in [0.1, 0.15) is 0 Å². The lowest BCUT2D eigenvalue weighted by Crippen LogP contribution is -2.16. The number of rotatable bonds is 14. The van der Waals surface area contributed by atoms with Crippen LogP contribution in [0.5, 0.6) is 0 Å². The molecule has 0 atom stereocenters. The first-order chi connectivity index (χ1) is 37.9. The second-order valence-electron chi connectivity index (χ2n) is 21.3. The van der Waals surface area contributed by atoms with E-state index in [1.807, 2.05) is 0 Å². The molecule has 0 N–H and O–H groups in total. The van der Waals surface area contributed by atoms with Crippen molar-refractivity contribution in [1.82, 2.24) is 0 Å². The number of nitrogens with zero attached hydrogens (tertiary/aromatic N) is 2. The number of para-hydroxylation sites is 2. The van der Waals surface area contributed by atoms with E-state index in [0.717, 1.165) is 74.8 Å². The van der Waals surface area contributed by atoms with Crippen molar-refractivity contribution in [3.05, 3.63) is 275 Å². The summed E-state index contributed by atoms with van der Waals surface area (Å²) in [6.07, 6.45) is 23.7. The first-order valence-electron chi connectivity index (χ1n) is 28.2. The van der Waals surface area contributed by atoms with Gasteiger partial charge in [-0.1, -0.05) is 172 Å². The van der Waals surface area contributed by atoms with E-state index < -0.39 is 0 Å². The Balaban J connectivity index is 0.772. The maximum absolute atomic E-state index is 2.45. The zero-order chi connectivity index (χ0) is 52.2. The normalized spacial score (nSPS) is 14.1. The molecule has 0 unspecified atom stereocenters. The van der Waals surface area contributed by atoms with Gasteiger partial charge < -0.3 is 9.80 Å².